The first kappa shape index (κ1) is 49.6. The van der Waals surface area contributed by atoms with Gasteiger partial charge >= 0.3 is 5.97 Å². The van der Waals surface area contributed by atoms with Gasteiger partial charge in [-0.05, 0) is 137 Å². The summed E-state index contributed by atoms with van der Waals surface area (Å²) in [5.74, 6) is -1.81. The van der Waals surface area contributed by atoms with E-state index in [0.717, 1.165) is 55.0 Å². The largest absolute Gasteiger partial charge is 0.508 e. The molecule has 1 amide bonds. The van der Waals surface area contributed by atoms with Gasteiger partial charge in [0, 0.05) is 63.8 Å². The molecular formula is C63H51FN4O9. The smallest absolute Gasteiger partial charge is 0.336 e. The SMILES string of the molecule is O=C(NCCCCCCCCOc1ccc(Cc2nc3c(Cc4ccccc4)nc(-c4ccc(O)cc4)cn3c2O)cc1F)c1ccc(-c2c3ccc4cc(O)ccc4c3oc3c2ccc2cc(=O)ccc23)c(C(=O)O)c1. The Kier molecular flexibility index (Phi) is 13.8. The van der Waals surface area contributed by atoms with Crippen LogP contribution in [0.1, 0.15) is 81.8 Å². The lowest BCUT2D eigenvalue weighted by Crippen LogP contribution is -2.24. The second-order valence-corrected chi connectivity index (χ2v) is 19.2. The second kappa shape index (κ2) is 21.4. The minimum Gasteiger partial charge on any atom is -0.508 e. The van der Waals surface area contributed by atoms with E-state index in [9.17, 15) is 34.8 Å². The molecule has 11 rings (SSSR count). The van der Waals surface area contributed by atoms with Crippen molar-refractivity contribution in [3.63, 3.8) is 0 Å². The molecule has 0 spiro atoms. The highest BCUT2D eigenvalue weighted by Crippen LogP contribution is 2.43. The molecule has 0 saturated heterocycles. The lowest BCUT2D eigenvalue weighted by Gasteiger charge is -2.16. The van der Waals surface area contributed by atoms with Crippen molar-refractivity contribution in [1.82, 2.24) is 19.7 Å². The molecule has 0 fully saturated rings. The van der Waals surface area contributed by atoms with Crippen LogP contribution in [0.4, 0.5) is 4.39 Å². The van der Waals surface area contributed by atoms with E-state index in [2.05, 4.69) is 5.32 Å². The second-order valence-electron chi connectivity index (χ2n) is 19.2. The molecule has 8 aromatic carbocycles. The number of fused-ring (bicyclic) bond motifs is 7. The van der Waals surface area contributed by atoms with Gasteiger partial charge in [0.1, 0.15) is 28.4 Å². The molecule has 0 saturated carbocycles. The van der Waals surface area contributed by atoms with Crippen molar-refractivity contribution < 1.29 is 43.6 Å². The molecule has 0 aliphatic rings. The first-order valence-corrected chi connectivity index (χ1v) is 25.5. The van der Waals surface area contributed by atoms with Gasteiger partial charge in [0.2, 0.25) is 5.88 Å². The number of ether oxygens (including phenoxy) is 1. The number of rotatable bonds is 18. The Balaban J connectivity index is 0.678. The van der Waals surface area contributed by atoms with Crippen LogP contribution >= 0.6 is 0 Å². The molecule has 0 aliphatic heterocycles. The molecular weight excluding hydrogens is 976 g/mol. The highest BCUT2D eigenvalue weighted by molar-refractivity contribution is 6.21. The van der Waals surface area contributed by atoms with E-state index in [1.807, 2.05) is 54.6 Å². The van der Waals surface area contributed by atoms with Crippen molar-refractivity contribution in [2.45, 2.75) is 51.4 Å². The molecule has 5 N–H and O–H groups in total. The number of carboxylic acid groups (broad SMARTS) is 1. The van der Waals surface area contributed by atoms with Crippen molar-refractivity contribution in [3.8, 4) is 45.5 Å². The van der Waals surface area contributed by atoms with E-state index in [-0.39, 0.29) is 52.0 Å². The zero-order valence-corrected chi connectivity index (χ0v) is 41.6. The number of carbonyl (C=O) groups is 2. The summed E-state index contributed by atoms with van der Waals surface area (Å²) in [4.78, 5) is 48.4. The molecule has 0 radical (unpaired) electrons. The molecule has 13 nitrogen and oxygen atoms in total. The fourth-order valence-corrected chi connectivity index (χ4v) is 10.1. The molecule has 384 valence electrons. The maximum atomic E-state index is 15.4. The zero-order chi connectivity index (χ0) is 53.2. The average Bonchev–Trinajstić information content (AvgIpc) is 3.88. The minimum absolute atomic E-state index is 0.0637. The van der Waals surface area contributed by atoms with E-state index in [1.165, 1.54) is 24.3 Å². The van der Waals surface area contributed by atoms with E-state index < -0.39 is 11.8 Å². The number of imidazole rings is 1. The number of aromatic carboxylic acids is 1. The Morgan fingerprint density at radius 3 is 2.05 bits per heavy atom. The monoisotopic (exact) mass is 1030 g/mol. The predicted molar refractivity (Wildman–Crippen MR) is 295 cm³/mol. The molecule has 0 aliphatic carbocycles. The third kappa shape index (κ3) is 10.3. The number of nitrogens with zero attached hydrogens (tertiary/aromatic N) is 3. The van der Waals surface area contributed by atoms with E-state index in [0.29, 0.717) is 97.1 Å². The normalized spacial score (nSPS) is 11.5. The Morgan fingerprint density at radius 1 is 0.636 bits per heavy atom. The number of unbranched alkanes of at least 4 members (excludes halogenated alkanes) is 5. The van der Waals surface area contributed by atoms with Crippen LogP contribution in [0.5, 0.6) is 23.1 Å². The molecule has 14 heteroatoms. The van der Waals surface area contributed by atoms with Gasteiger partial charge in [-0.2, -0.15) is 0 Å². The topological polar surface area (TPSA) is 197 Å². The van der Waals surface area contributed by atoms with Gasteiger partial charge in [-0.1, -0.05) is 80.3 Å². The van der Waals surface area contributed by atoms with Crippen molar-refractivity contribution in [3.05, 3.63) is 208 Å². The van der Waals surface area contributed by atoms with Crippen LogP contribution in [0.15, 0.2) is 167 Å². The van der Waals surface area contributed by atoms with Crippen LogP contribution in [0.25, 0.3) is 71.5 Å². The number of hydrogen-bond donors (Lipinski definition) is 5. The fraction of sp³-hybridized carbons (Fsp3) is 0.159. The van der Waals surface area contributed by atoms with Crippen molar-refractivity contribution in [1.29, 1.82) is 0 Å². The number of hydrogen-bond acceptors (Lipinski definition) is 10. The van der Waals surface area contributed by atoms with Crippen LogP contribution in [0.3, 0.4) is 0 Å². The van der Waals surface area contributed by atoms with Crippen LogP contribution in [0.2, 0.25) is 0 Å². The first-order valence-electron chi connectivity index (χ1n) is 25.5. The van der Waals surface area contributed by atoms with Crippen LogP contribution < -0.4 is 15.5 Å². The highest BCUT2D eigenvalue weighted by atomic mass is 19.1. The third-order valence-corrected chi connectivity index (χ3v) is 14.0. The Hall–Kier alpha value is -9.56. The van der Waals surface area contributed by atoms with Crippen LogP contribution in [0, 0.1) is 5.82 Å². The first-order chi connectivity index (χ1) is 37.4. The van der Waals surface area contributed by atoms with Crippen LogP contribution in [-0.2, 0) is 12.8 Å². The molecule has 0 unspecified atom stereocenters. The molecule has 0 bridgehead atoms. The molecule has 3 aromatic heterocycles. The predicted octanol–water partition coefficient (Wildman–Crippen LogP) is 12.9. The average molecular weight is 1030 g/mol. The lowest BCUT2D eigenvalue weighted by atomic mass is 9.90. The van der Waals surface area contributed by atoms with Gasteiger partial charge in [0.25, 0.3) is 5.91 Å². The summed E-state index contributed by atoms with van der Waals surface area (Å²) in [5, 5.41) is 49.1. The molecule has 3 heterocycles. The van der Waals surface area contributed by atoms with E-state index in [1.54, 1.807) is 83.4 Å². The number of aromatic hydroxyl groups is 3. The van der Waals surface area contributed by atoms with Gasteiger partial charge < -0.3 is 34.9 Å². The van der Waals surface area contributed by atoms with Crippen LogP contribution in [-0.4, -0.2) is 59.8 Å². The number of halogens is 1. The maximum absolute atomic E-state index is 15.4. The molecule has 77 heavy (non-hydrogen) atoms. The number of phenols is 2. The number of amides is 1. The lowest BCUT2D eigenvalue weighted by molar-refractivity contribution is 0.0697. The summed E-state index contributed by atoms with van der Waals surface area (Å²) in [5.41, 5.74) is 6.43. The molecule has 11 aromatic rings. The van der Waals surface area contributed by atoms with Gasteiger partial charge in [-0.25, -0.2) is 19.2 Å². The number of carbonyl (C=O) groups excluding carboxylic acids is 1. The summed E-state index contributed by atoms with van der Waals surface area (Å²) >= 11 is 0. The molecule has 0 atom stereocenters. The number of carboxylic acids is 1. The third-order valence-electron chi connectivity index (χ3n) is 14.0. The highest BCUT2D eigenvalue weighted by Gasteiger charge is 2.23. The van der Waals surface area contributed by atoms with Crippen molar-refractivity contribution in [2.24, 2.45) is 0 Å². The Labute approximate surface area is 440 Å². The van der Waals surface area contributed by atoms with Crippen molar-refractivity contribution in [2.75, 3.05) is 13.2 Å². The van der Waals surface area contributed by atoms with Gasteiger partial charge in [0.15, 0.2) is 22.6 Å². The Morgan fingerprint density at radius 2 is 1.31 bits per heavy atom. The number of aromatic nitrogens is 3. The number of nitrogens with one attached hydrogen (secondary N) is 1. The minimum atomic E-state index is -1.21. The Bertz CT molecular complexity index is 4140. The summed E-state index contributed by atoms with van der Waals surface area (Å²) < 4.78 is 29.4. The summed E-state index contributed by atoms with van der Waals surface area (Å²) in [6.45, 7) is 0.745. The number of phenolic OH excluding ortho intramolecular Hbond substituents is 2. The summed E-state index contributed by atoms with van der Waals surface area (Å²) in [7, 11) is 0. The quantitative estimate of drug-likeness (QED) is 0.0311. The van der Waals surface area contributed by atoms with E-state index >= 15 is 4.39 Å². The maximum Gasteiger partial charge on any atom is 0.336 e. The van der Waals surface area contributed by atoms with Gasteiger partial charge in [0.05, 0.1) is 23.6 Å². The zero-order valence-electron chi connectivity index (χ0n) is 41.6. The van der Waals surface area contributed by atoms with Gasteiger partial charge in [-0.15, -0.1) is 0 Å². The summed E-state index contributed by atoms with van der Waals surface area (Å²) in [6.07, 6.45) is 7.38. The fourth-order valence-electron chi connectivity index (χ4n) is 10.1. The number of benzene rings is 8. The standard InChI is InChI=1S/C63H51FN4O9/c64-52-30-38(32-54-62(73)68-36-55(39-13-18-43(69)19-14-39)66-53(60(68)67-54)31-37-10-6-5-7-11-37)12-27-56(52)76-29-9-4-2-1-3-8-28-65-61(72)42-17-22-48(51(35-42)63(74)75)57-49-23-15-40-33-44(70)20-25-46(40)58(49)77-59-47-26-21-45(71)34-41(47)16-24-50(57)59/h5-7,10-27,30,33-36,69-70,73H,1-4,8-9,28-29,31-32H2,(H,65,72)(H,74,75). The van der Waals surface area contributed by atoms with Gasteiger partial charge in [-0.3, -0.25) is 14.0 Å². The van der Waals surface area contributed by atoms with E-state index in [4.69, 9.17) is 19.1 Å². The summed E-state index contributed by atoms with van der Waals surface area (Å²) in [6, 6.07) is 42.9. The van der Waals surface area contributed by atoms with Crippen molar-refractivity contribution >= 4 is 61.0 Å².